The molecule has 0 saturated carbocycles. The summed E-state index contributed by atoms with van der Waals surface area (Å²) in [5.41, 5.74) is 1.14. The van der Waals surface area contributed by atoms with Crippen molar-refractivity contribution in [3.63, 3.8) is 0 Å². The topological polar surface area (TPSA) is 34.1 Å². The van der Waals surface area contributed by atoms with Gasteiger partial charge in [-0.15, -0.1) is 11.3 Å². The fourth-order valence-corrected chi connectivity index (χ4v) is 2.50. The normalized spacial score (nSPS) is 15.4. The van der Waals surface area contributed by atoms with E-state index in [-0.39, 0.29) is 6.04 Å². The lowest BCUT2D eigenvalue weighted by Crippen LogP contribution is -2.32. The summed E-state index contributed by atoms with van der Waals surface area (Å²) in [4.78, 5) is 4.64. The van der Waals surface area contributed by atoms with Gasteiger partial charge in [0.2, 0.25) is 0 Å². The Hall–Kier alpha value is -0.450. The van der Waals surface area contributed by atoms with Crippen LogP contribution >= 0.6 is 11.3 Å². The standard InChI is InChI=1S/C12H22N2OS/c1-8(2)12-14-11(7-16-12)10(4)13-9(3)6-15-5/h7-10,13H,6H2,1-5H3. The highest BCUT2D eigenvalue weighted by Crippen LogP contribution is 2.22. The summed E-state index contributed by atoms with van der Waals surface area (Å²) in [5.74, 6) is 0.516. The molecule has 0 saturated heterocycles. The van der Waals surface area contributed by atoms with Crippen molar-refractivity contribution in [1.29, 1.82) is 0 Å². The van der Waals surface area contributed by atoms with Crippen molar-refractivity contribution < 1.29 is 4.74 Å². The first-order chi connectivity index (χ1) is 7.54. The minimum Gasteiger partial charge on any atom is -0.383 e. The number of nitrogens with zero attached hydrogens (tertiary/aromatic N) is 1. The van der Waals surface area contributed by atoms with E-state index in [2.05, 4.69) is 43.4 Å². The van der Waals surface area contributed by atoms with Gasteiger partial charge in [0.05, 0.1) is 17.3 Å². The van der Waals surface area contributed by atoms with E-state index in [1.54, 1.807) is 18.4 Å². The van der Waals surface area contributed by atoms with E-state index in [0.717, 1.165) is 12.3 Å². The molecule has 1 aromatic rings. The molecule has 2 unspecified atom stereocenters. The highest BCUT2D eigenvalue weighted by atomic mass is 32.1. The minimum atomic E-state index is 0.286. The maximum atomic E-state index is 5.10. The van der Waals surface area contributed by atoms with E-state index in [1.165, 1.54) is 5.01 Å². The van der Waals surface area contributed by atoms with Gasteiger partial charge < -0.3 is 10.1 Å². The van der Waals surface area contributed by atoms with Crippen LogP contribution in [-0.2, 0) is 4.74 Å². The molecule has 0 aliphatic carbocycles. The number of methoxy groups -OCH3 is 1. The van der Waals surface area contributed by atoms with Gasteiger partial charge in [-0.25, -0.2) is 4.98 Å². The molecule has 0 aliphatic heterocycles. The molecule has 0 aliphatic rings. The van der Waals surface area contributed by atoms with Gasteiger partial charge in [0.25, 0.3) is 0 Å². The summed E-state index contributed by atoms with van der Waals surface area (Å²) in [5, 5.41) is 6.82. The molecular weight excluding hydrogens is 220 g/mol. The largest absolute Gasteiger partial charge is 0.383 e. The van der Waals surface area contributed by atoms with Gasteiger partial charge in [-0.1, -0.05) is 13.8 Å². The van der Waals surface area contributed by atoms with Crippen molar-refractivity contribution in [2.24, 2.45) is 0 Å². The molecule has 2 atom stereocenters. The molecular formula is C12H22N2OS. The van der Waals surface area contributed by atoms with Crippen LogP contribution in [0.25, 0.3) is 0 Å². The predicted octanol–water partition coefficient (Wildman–Crippen LogP) is 2.95. The molecule has 16 heavy (non-hydrogen) atoms. The van der Waals surface area contributed by atoms with Crippen molar-refractivity contribution in [1.82, 2.24) is 10.3 Å². The van der Waals surface area contributed by atoms with E-state index < -0.39 is 0 Å². The minimum absolute atomic E-state index is 0.286. The number of aromatic nitrogens is 1. The monoisotopic (exact) mass is 242 g/mol. The van der Waals surface area contributed by atoms with Crippen LogP contribution in [0.5, 0.6) is 0 Å². The average Bonchev–Trinajstić information content (AvgIpc) is 2.66. The van der Waals surface area contributed by atoms with Crippen LogP contribution in [-0.4, -0.2) is 24.7 Å². The SMILES string of the molecule is COCC(C)NC(C)c1csc(C(C)C)n1. The van der Waals surface area contributed by atoms with Gasteiger partial charge in [-0.05, 0) is 13.8 Å². The Morgan fingerprint density at radius 3 is 2.56 bits per heavy atom. The summed E-state index contributed by atoms with van der Waals surface area (Å²) >= 11 is 1.74. The fourth-order valence-electron chi connectivity index (χ4n) is 1.58. The van der Waals surface area contributed by atoms with Gasteiger partial charge in [-0.3, -0.25) is 0 Å². The van der Waals surface area contributed by atoms with Crippen molar-refractivity contribution in [2.75, 3.05) is 13.7 Å². The maximum absolute atomic E-state index is 5.10. The molecule has 0 spiro atoms. The van der Waals surface area contributed by atoms with Crippen LogP contribution in [0.15, 0.2) is 5.38 Å². The number of hydrogen-bond acceptors (Lipinski definition) is 4. The zero-order chi connectivity index (χ0) is 12.1. The second kappa shape index (κ2) is 6.33. The van der Waals surface area contributed by atoms with Gasteiger partial charge in [-0.2, -0.15) is 0 Å². The van der Waals surface area contributed by atoms with Crippen molar-refractivity contribution >= 4 is 11.3 Å². The van der Waals surface area contributed by atoms with E-state index >= 15 is 0 Å². The number of hydrogen-bond donors (Lipinski definition) is 1. The first kappa shape index (κ1) is 13.6. The number of rotatable bonds is 6. The van der Waals surface area contributed by atoms with Crippen LogP contribution in [0.4, 0.5) is 0 Å². The molecule has 1 rings (SSSR count). The molecule has 0 bridgehead atoms. The van der Waals surface area contributed by atoms with Gasteiger partial charge in [0.1, 0.15) is 0 Å². The van der Waals surface area contributed by atoms with E-state index in [9.17, 15) is 0 Å². The Morgan fingerprint density at radius 2 is 2.06 bits per heavy atom. The summed E-state index contributed by atoms with van der Waals surface area (Å²) in [6.45, 7) is 9.34. The molecule has 1 N–H and O–H groups in total. The number of thiazole rings is 1. The summed E-state index contributed by atoms with van der Waals surface area (Å²) in [7, 11) is 1.72. The number of nitrogens with one attached hydrogen (secondary N) is 1. The molecule has 1 aromatic heterocycles. The molecule has 3 nitrogen and oxygen atoms in total. The second-order valence-electron chi connectivity index (χ2n) is 4.51. The summed E-state index contributed by atoms with van der Waals surface area (Å²) in [6, 6.07) is 0.637. The summed E-state index contributed by atoms with van der Waals surface area (Å²) < 4.78 is 5.10. The van der Waals surface area contributed by atoms with Gasteiger partial charge in [0, 0.05) is 30.5 Å². The second-order valence-corrected chi connectivity index (χ2v) is 5.40. The van der Waals surface area contributed by atoms with Crippen LogP contribution in [0, 0.1) is 0 Å². The zero-order valence-electron chi connectivity index (χ0n) is 10.8. The first-order valence-corrected chi connectivity index (χ1v) is 6.62. The molecule has 0 amide bonds. The van der Waals surface area contributed by atoms with Crippen LogP contribution in [0.3, 0.4) is 0 Å². The average molecular weight is 242 g/mol. The molecule has 0 radical (unpaired) electrons. The molecule has 4 heteroatoms. The lowest BCUT2D eigenvalue weighted by Gasteiger charge is -2.17. The Labute approximate surface area is 102 Å². The molecule has 0 fully saturated rings. The fraction of sp³-hybridized carbons (Fsp3) is 0.750. The quantitative estimate of drug-likeness (QED) is 0.833. The van der Waals surface area contributed by atoms with Crippen LogP contribution in [0.1, 0.15) is 50.4 Å². The Bertz CT molecular complexity index is 312. The third kappa shape index (κ3) is 3.85. The van der Waals surface area contributed by atoms with Crippen molar-refractivity contribution in [2.45, 2.75) is 45.7 Å². The number of ether oxygens (including phenoxy) is 1. The van der Waals surface area contributed by atoms with E-state index in [1.807, 2.05) is 0 Å². The lowest BCUT2D eigenvalue weighted by molar-refractivity contribution is 0.167. The van der Waals surface area contributed by atoms with Crippen LogP contribution in [0.2, 0.25) is 0 Å². The highest BCUT2D eigenvalue weighted by molar-refractivity contribution is 7.09. The molecule has 92 valence electrons. The molecule has 1 heterocycles. The highest BCUT2D eigenvalue weighted by Gasteiger charge is 2.13. The Kier molecular flexibility index (Phi) is 5.38. The third-order valence-corrected chi connectivity index (χ3v) is 3.59. The summed E-state index contributed by atoms with van der Waals surface area (Å²) in [6.07, 6.45) is 0. The predicted molar refractivity (Wildman–Crippen MR) is 69.1 cm³/mol. The van der Waals surface area contributed by atoms with E-state index in [4.69, 9.17) is 4.74 Å². The van der Waals surface area contributed by atoms with Crippen molar-refractivity contribution in [3.8, 4) is 0 Å². The van der Waals surface area contributed by atoms with Crippen LogP contribution < -0.4 is 5.32 Å². The zero-order valence-corrected chi connectivity index (χ0v) is 11.6. The smallest absolute Gasteiger partial charge is 0.0954 e. The Morgan fingerprint density at radius 1 is 1.38 bits per heavy atom. The maximum Gasteiger partial charge on any atom is 0.0954 e. The lowest BCUT2D eigenvalue weighted by atomic mass is 10.2. The molecule has 0 aromatic carbocycles. The first-order valence-electron chi connectivity index (χ1n) is 5.74. The Balaban J connectivity index is 2.55. The van der Waals surface area contributed by atoms with E-state index in [0.29, 0.717) is 12.0 Å². The van der Waals surface area contributed by atoms with Gasteiger partial charge in [0.15, 0.2) is 0 Å². The van der Waals surface area contributed by atoms with Crippen molar-refractivity contribution in [3.05, 3.63) is 16.1 Å². The third-order valence-electron chi connectivity index (χ3n) is 2.43. The van der Waals surface area contributed by atoms with Gasteiger partial charge >= 0.3 is 0 Å².